The van der Waals surface area contributed by atoms with E-state index in [1.807, 2.05) is 6.07 Å². The van der Waals surface area contributed by atoms with E-state index in [2.05, 4.69) is 10.6 Å². The highest BCUT2D eigenvalue weighted by Crippen LogP contribution is 2.13. The predicted molar refractivity (Wildman–Crippen MR) is 75.4 cm³/mol. The Morgan fingerprint density at radius 1 is 1.00 bits per heavy atom. The SMILES string of the molecule is O=C1CCCCCCNCC(=O)c2cccc(c2)N1. The van der Waals surface area contributed by atoms with Crippen molar-refractivity contribution in [1.82, 2.24) is 5.32 Å². The number of hydrogen-bond acceptors (Lipinski definition) is 3. The van der Waals surface area contributed by atoms with Crippen LogP contribution >= 0.6 is 0 Å². The number of anilines is 1. The van der Waals surface area contributed by atoms with Crippen LogP contribution in [0.1, 0.15) is 42.5 Å². The molecule has 1 amide bonds. The lowest BCUT2D eigenvalue weighted by Gasteiger charge is -2.09. The van der Waals surface area contributed by atoms with Crippen molar-refractivity contribution in [2.45, 2.75) is 32.1 Å². The summed E-state index contributed by atoms with van der Waals surface area (Å²) < 4.78 is 0. The third kappa shape index (κ3) is 4.48. The minimum Gasteiger partial charge on any atom is -0.326 e. The first-order valence-corrected chi connectivity index (χ1v) is 6.89. The first kappa shape index (κ1) is 13.7. The zero-order chi connectivity index (χ0) is 13.5. The summed E-state index contributed by atoms with van der Waals surface area (Å²) in [6.45, 7) is 1.22. The number of benzene rings is 1. The van der Waals surface area contributed by atoms with Crippen LogP contribution in [0.5, 0.6) is 0 Å². The summed E-state index contributed by atoms with van der Waals surface area (Å²) in [5.41, 5.74) is 1.34. The Morgan fingerprint density at radius 3 is 2.74 bits per heavy atom. The number of ketones is 1. The number of rotatable bonds is 0. The van der Waals surface area contributed by atoms with Crippen molar-refractivity contribution in [3.63, 3.8) is 0 Å². The fraction of sp³-hybridized carbons (Fsp3) is 0.467. The Hall–Kier alpha value is -1.68. The van der Waals surface area contributed by atoms with Gasteiger partial charge in [0.2, 0.25) is 5.91 Å². The molecule has 0 aliphatic carbocycles. The van der Waals surface area contributed by atoms with Gasteiger partial charge in [-0.05, 0) is 31.5 Å². The monoisotopic (exact) mass is 260 g/mol. The van der Waals surface area contributed by atoms with Gasteiger partial charge in [-0.2, -0.15) is 0 Å². The van der Waals surface area contributed by atoms with Crippen LogP contribution in [-0.2, 0) is 4.79 Å². The van der Waals surface area contributed by atoms with E-state index in [1.54, 1.807) is 18.2 Å². The molecule has 0 spiro atoms. The van der Waals surface area contributed by atoms with E-state index in [1.165, 1.54) is 0 Å². The number of nitrogens with one attached hydrogen (secondary N) is 2. The Morgan fingerprint density at radius 2 is 1.84 bits per heavy atom. The zero-order valence-electron chi connectivity index (χ0n) is 11.1. The molecular formula is C15H20N2O2. The van der Waals surface area contributed by atoms with Crippen LogP contribution in [-0.4, -0.2) is 24.8 Å². The van der Waals surface area contributed by atoms with Crippen LogP contribution in [0.25, 0.3) is 0 Å². The van der Waals surface area contributed by atoms with Crippen LogP contribution in [0.2, 0.25) is 0 Å². The molecule has 1 aliphatic rings. The molecule has 0 saturated heterocycles. The smallest absolute Gasteiger partial charge is 0.224 e. The molecule has 0 radical (unpaired) electrons. The van der Waals surface area contributed by atoms with Crippen molar-refractivity contribution in [3.8, 4) is 0 Å². The van der Waals surface area contributed by atoms with E-state index in [0.717, 1.165) is 32.2 Å². The van der Waals surface area contributed by atoms with Gasteiger partial charge in [0.25, 0.3) is 0 Å². The number of fused-ring (bicyclic) bond motifs is 2. The molecular weight excluding hydrogens is 240 g/mol. The first-order chi connectivity index (χ1) is 9.25. The molecule has 2 rings (SSSR count). The van der Waals surface area contributed by atoms with Crippen molar-refractivity contribution in [2.75, 3.05) is 18.4 Å². The normalized spacial score (nSPS) is 18.5. The lowest BCUT2D eigenvalue weighted by Crippen LogP contribution is -2.24. The van der Waals surface area contributed by atoms with Gasteiger partial charge in [0, 0.05) is 17.7 Å². The molecule has 0 unspecified atom stereocenters. The third-order valence-corrected chi connectivity index (χ3v) is 3.26. The molecule has 0 fully saturated rings. The topological polar surface area (TPSA) is 58.2 Å². The Balaban J connectivity index is 2.10. The highest BCUT2D eigenvalue weighted by atomic mass is 16.1. The van der Waals surface area contributed by atoms with Gasteiger partial charge in [-0.3, -0.25) is 9.59 Å². The van der Waals surface area contributed by atoms with Gasteiger partial charge in [-0.25, -0.2) is 0 Å². The Kier molecular flexibility index (Phi) is 5.10. The largest absolute Gasteiger partial charge is 0.326 e. The molecule has 0 saturated carbocycles. The summed E-state index contributed by atoms with van der Waals surface area (Å²) in [6.07, 6.45) is 4.67. The number of carbonyl (C=O) groups excluding carboxylic acids is 2. The van der Waals surface area contributed by atoms with Crippen LogP contribution in [0.15, 0.2) is 24.3 Å². The standard InChI is InChI=1S/C15H20N2O2/c18-14-11-16-9-4-2-1-3-8-15(19)17-13-7-5-6-12(14)10-13/h5-7,10,16H,1-4,8-9,11H2,(H,17,19). The molecule has 2 bridgehead atoms. The van der Waals surface area contributed by atoms with Gasteiger partial charge in [0.1, 0.15) is 0 Å². The number of carbonyl (C=O) groups is 2. The number of amides is 1. The number of hydrogen-bond donors (Lipinski definition) is 2. The van der Waals surface area contributed by atoms with Crippen LogP contribution < -0.4 is 10.6 Å². The molecule has 4 nitrogen and oxygen atoms in total. The maximum Gasteiger partial charge on any atom is 0.224 e. The molecule has 1 aliphatic heterocycles. The maximum absolute atomic E-state index is 12.0. The van der Waals surface area contributed by atoms with E-state index in [0.29, 0.717) is 24.2 Å². The van der Waals surface area contributed by atoms with E-state index < -0.39 is 0 Å². The average Bonchev–Trinajstić information content (AvgIpc) is 2.41. The second kappa shape index (κ2) is 7.04. The molecule has 102 valence electrons. The summed E-state index contributed by atoms with van der Waals surface area (Å²) >= 11 is 0. The van der Waals surface area contributed by atoms with Gasteiger partial charge >= 0.3 is 0 Å². The van der Waals surface area contributed by atoms with Crippen molar-refractivity contribution >= 4 is 17.4 Å². The lowest BCUT2D eigenvalue weighted by atomic mass is 10.1. The highest BCUT2D eigenvalue weighted by Gasteiger charge is 2.08. The van der Waals surface area contributed by atoms with Gasteiger partial charge in [-0.1, -0.05) is 25.0 Å². The van der Waals surface area contributed by atoms with Crippen LogP contribution in [0.4, 0.5) is 5.69 Å². The van der Waals surface area contributed by atoms with Crippen molar-refractivity contribution in [1.29, 1.82) is 0 Å². The Labute approximate surface area is 113 Å². The molecule has 19 heavy (non-hydrogen) atoms. The fourth-order valence-electron chi connectivity index (χ4n) is 2.19. The van der Waals surface area contributed by atoms with Gasteiger partial charge in [0.15, 0.2) is 5.78 Å². The summed E-state index contributed by atoms with van der Waals surface area (Å²) in [5.74, 6) is 0.0907. The first-order valence-electron chi connectivity index (χ1n) is 6.89. The summed E-state index contributed by atoms with van der Waals surface area (Å²) in [5, 5.41) is 6.01. The van der Waals surface area contributed by atoms with E-state index in [-0.39, 0.29) is 11.7 Å². The average molecular weight is 260 g/mol. The number of Topliss-reactive ketones (excluding diaryl/α,β-unsaturated/α-hetero) is 1. The molecule has 0 aromatic heterocycles. The maximum atomic E-state index is 12.0. The molecule has 0 atom stereocenters. The molecule has 4 heteroatoms. The molecule has 1 aromatic rings. The predicted octanol–water partition coefficient (Wildman–Crippen LogP) is 2.36. The zero-order valence-corrected chi connectivity index (χ0v) is 11.1. The van der Waals surface area contributed by atoms with Crippen molar-refractivity contribution < 1.29 is 9.59 Å². The molecule has 2 N–H and O–H groups in total. The van der Waals surface area contributed by atoms with E-state index in [4.69, 9.17) is 0 Å². The summed E-state index contributed by atoms with van der Waals surface area (Å²) in [7, 11) is 0. The third-order valence-electron chi connectivity index (χ3n) is 3.26. The minimum absolute atomic E-state index is 0.0276. The molecule has 1 heterocycles. The fourth-order valence-corrected chi connectivity index (χ4v) is 2.19. The van der Waals surface area contributed by atoms with Crippen molar-refractivity contribution in [2.24, 2.45) is 0 Å². The minimum atomic E-state index is 0.0276. The van der Waals surface area contributed by atoms with Gasteiger partial charge in [-0.15, -0.1) is 0 Å². The van der Waals surface area contributed by atoms with Crippen LogP contribution in [0, 0.1) is 0 Å². The quantitative estimate of drug-likeness (QED) is 0.753. The van der Waals surface area contributed by atoms with Crippen molar-refractivity contribution in [3.05, 3.63) is 29.8 Å². The summed E-state index contributed by atoms with van der Waals surface area (Å²) in [4.78, 5) is 23.7. The molecule has 1 aromatic carbocycles. The van der Waals surface area contributed by atoms with Gasteiger partial charge in [0.05, 0.1) is 6.54 Å². The second-order valence-corrected chi connectivity index (χ2v) is 4.89. The van der Waals surface area contributed by atoms with E-state index >= 15 is 0 Å². The lowest BCUT2D eigenvalue weighted by molar-refractivity contribution is -0.116. The van der Waals surface area contributed by atoms with Crippen LogP contribution in [0.3, 0.4) is 0 Å². The summed E-state index contributed by atoms with van der Waals surface area (Å²) in [6, 6.07) is 7.14. The Bertz CT molecular complexity index is 457. The second-order valence-electron chi connectivity index (χ2n) is 4.89. The van der Waals surface area contributed by atoms with E-state index in [9.17, 15) is 9.59 Å². The van der Waals surface area contributed by atoms with Gasteiger partial charge < -0.3 is 10.6 Å². The highest BCUT2D eigenvalue weighted by molar-refractivity contribution is 5.99.